The molecule has 6 rings (SSSR count). The molecule has 6 N–H and O–H groups in total. The van der Waals surface area contributed by atoms with Crippen molar-refractivity contribution in [3.05, 3.63) is 118 Å². The van der Waals surface area contributed by atoms with Gasteiger partial charge in [0.25, 0.3) is 5.91 Å². The minimum Gasteiger partial charge on any atom is -0.480 e. The second-order valence-electron chi connectivity index (χ2n) is 12.1. The number of nitrogen functional groups attached to an aromatic ring is 1. The number of rotatable bonds is 12. The number of halogens is 4. The number of hydrogen-bond donors (Lipinski definition) is 4. The van der Waals surface area contributed by atoms with E-state index in [4.69, 9.17) is 37.6 Å². The van der Waals surface area contributed by atoms with Gasteiger partial charge in [-0.05, 0) is 61.7 Å². The summed E-state index contributed by atoms with van der Waals surface area (Å²) in [7, 11) is 0. The van der Waals surface area contributed by atoms with Gasteiger partial charge in [-0.2, -0.15) is 23.3 Å². The van der Waals surface area contributed by atoms with Gasteiger partial charge >= 0.3 is 18.1 Å². The quantitative estimate of drug-likeness (QED) is 0.0960. The number of fused-ring (bicyclic) bond motifs is 1. The number of aliphatic carboxylic acids is 1. The first-order valence-corrected chi connectivity index (χ1v) is 18.1. The number of carbonyl (C=O) groups is 3. The molecule has 0 bridgehead atoms. The molecule has 56 heavy (non-hydrogen) atoms. The van der Waals surface area contributed by atoms with Crippen LogP contribution in [0.1, 0.15) is 40.2 Å². The normalized spacial score (nSPS) is 12.3. The van der Waals surface area contributed by atoms with E-state index in [2.05, 4.69) is 20.4 Å². The van der Waals surface area contributed by atoms with Crippen LogP contribution in [0, 0.1) is 6.92 Å². The number of alkyl halides is 3. The van der Waals surface area contributed by atoms with E-state index in [-0.39, 0.29) is 58.3 Å². The van der Waals surface area contributed by atoms with Crippen LogP contribution in [0.4, 0.5) is 19.1 Å². The maximum Gasteiger partial charge on any atom is 0.429 e. The summed E-state index contributed by atoms with van der Waals surface area (Å²) in [4.78, 5) is 41.5. The Morgan fingerprint density at radius 2 is 1.75 bits per heavy atom. The number of nitrogens with two attached hydrogens (primary N) is 2. The zero-order chi connectivity index (χ0) is 40.6. The molecule has 13 nitrogen and oxygen atoms in total. The lowest BCUT2D eigenvalue weighted by atomic mass is 10.0. The molecule has 0 saturated carbocycles. The summed E-state index contributed by atoms with van der Waals surface area (Å²) in [6.45, 7) is 3.31. The van der Waals surface area contributed by atoms with Crippen LogP contribution < -0.4 is 21.5 Å². The van der Waals surface area contributed by atoms with E-state index < -0.39 is 30.3 Å². The SMILES string of the molecule is CCOC(=O)[C@@H](N)Cc1ccc(-c2csc3c(O[C@H](c4ccc(Cl)cc4-n4ccc(C)n4)C(F)(F)F)nc(N)nc23)cc1.O=C(O)CNC(=O)c1ccccc1. The molecule has 0 aliphatic carbocycles. The summed E-state index contributed by atoms with van der Waals surface area (Å²) in [5.41, 5.74) is 15.4. The summed E-state index contributed by atoms with van der Waals surface area (Å²) in [6, 6.07) is 20.5. The Morgan fingerprint density at radius 3 is 2.38 bits per heavy atom. The summed E-state index contributed by atoms with van der Waals surface area (Å²) in [5, 5.41) is 16.8. The maximum absolute atomic E-state index is 14.6. The number of hydrogen-bond acceptors (Lipinski definition) is 11. The van der Waals surface area contributed by atoms with Crippen molar-refractivity contribution in [1.29, 1.82) is 0 Å². The lowest BCUT2D eigenvalue weighted by Gasteiger charge is -2.24. The molecule has 3 heterocycles. The van der Waals surface area contributed by atoms with Crippen molar-refractivity contribution in [2.75, 3.05) is 18.9 Å². The molecule has 6 aromatic rings. The summed E-state index contributed by atoms with van der Waals surface area (Å²) < 4.78 is 56.0. The molecule has 1 amide bonds. The highest BCUT2D eigenvalue weighted by Gasteiger charge is 2.45. The van der Waals surface area contributed by atoms with E-state index in [1.54, 1.807) is 86.1 Å². The Morgan fingerprint density at radius 1 is 1.04 bits per heavy atom. The summed E-state index contributed by atoms with van der Waals surface area (Å²) >= 11 is 7.28. The Hall–Kier alpha value is -6.04. The van der Waals surface area contributed by atoms with Gasteiger partial charge in [-0.25, -0.2) is 9.67 Å². The van der Waals surface area contributed by atoms with Crippen molar-refractivity contribution >= 4 is 56.9 Å². The molecule has 0 spiro atoms. The highest BCUT2D eigenvalue weighted by atomic mass is 35.5. The second kappa shape index (κ2) is 18.1. The van der Waals surface area contributed by atoms with Crippen molar-refractivity contribution in [2.24, 2.45) is 5.73 Å². The number of ether oxygens (including phenoxy) is 2. The average Bonchev–Trinajstić information content (AvgIpc) is 3.80. The molecule has 0 unspecified atom stereocenters. The first kappa shape index (κ1) is 41.1. The number of aromatic nitrogens is 4. The zero-order valence-electron chi connectivity index (χ0n) is 29.8. The van der Waals surface area contributed by atoms with Crippen LogP contribution in [0.5, 0.6) is 5.88 Å². The summed E-state index contributed by atoms with van der Waals surface area (Å²) in [5.74, 6) is -2.47. The number of anilines is 1. The fourth-order valence-corrected chi connectivity index (χ4v) is 6.46. The van der Waals surface area contributed by atoms with E-state index >= 15 is 0 Å². The lowest BCUT2D eigenvalue weighted by Crippen LogP contribution is -2.34. The van der Waals surface area contributed by atoms with E-state index in [0.717, 1.165) is 22.5 Å². The Kier molecular flexibility index (Phi) is 13.3. The van der Waals surface area contributed by atoms with Gasteiger partial charge in [-0.1, -0.05) is 60.1 Å². The molecule has 0 radical (unpaired) electrons. The number of thiophene rings is 1. The van der Waals surface area contributed by atoms with Crippen molar-refractivity contribution in [3.63, 3.8) is 0 Å². The minimum absolute atomic E-state index is 0.107. The third-order valence-electron chi connectivity index (χ3n) is 7.92. The molecule has 0 fully saturated rings. The molecule has 18 heteroatoms. The largest absolute Gasteiger partial charge is 0.480 e. The van der Waals surface area contributed by atoms with Crippen LogP contribution in [0.15, 0.2) is 90.4 Å². The number of carbonyl (C=O) groups excluding carboxylic acids is 2. The van der Waals surface area contributed by atoms with Crippen molar-refractivity contribution < 1.29 is 42.1 Å². The van der Waals surface area contributed by atoms with Gasteiger partial charge < -0.3 is 31.4 Å². The number of carboxylic acid groups (broad SMARTS) is 1. The Bertz CT molecular complexity index is 2320. The first-order chi connectivity index (χ1) is 26.6. The zero-order valence-corrected chi connectivity index (χ0v) is 31.4. The molecule has 2 atom stereocenters. The monoisotopic (exact) mass is 809 g/mol. The molecule has 3 aromatic heterocycles. The van der Waals surface area contributed by atoms with Gasteiger partial charge in [0.1, 0.15) is 17.3 Å². The smallest absolute Gasteiger partial charge is 0.429 e. The second-order valence-corrected chi connectivity index (χ2v) is 13.4. The third kappa shape index (κ3) is 10.4. The number of benzene rings is 3. The molecule has 0 saturated heterocycles. The molecule has 292 valence electrons. The highest BCUT2D eigenvalue weighted by Crippen LogP contribution is 2.43. The maximum atomic E-state index is 14.6. The van der Waals surface area contributed by atoms with Gasteiger partial charge in [0.15, 0.2) is 0 Å². The van der Waals surface area contributed by atoms with Crippen LogP contribution in [-0.4, -0.2) is 68.1 Å². The minimum atomic E-state index is -4.84. The predicted molar refractivity (Wildman–Crippen MR) is 205 cm³/mol. The Balaban J connectivity index is 0.000000392. The molecule has 0 aliphatic rings. The fraction of sp³-hybridized carbons (Fsp3) is 0.211. The van der Waals surface area contributed by atoms with Gasteiger partial charge in [0.05, 0.1) is 23.5 Å². The molecule has 0 aliphatic heterocycles. The van der Waals surface area contributed by atoms with Crippen LogP contribution >= 0.6 is 22.9 Å². The predicted octanol–water partition coefficient (Wildman–Crippen LogP) is 6.70. The molecular weight excluding hydrogens is 775 g/mol. The lowest BCUT2D eigenvalue weighted by molar-refractivity contribution is -0.198. The summed E-state index contributed by atoms with van der Waals surface area (Å²) in [6.07, 6.45) is -5.44. The topological polar surface area (TPSA) is 198 Å². The van der Waals surface area contributed by atoms with Gasteiger partial charge in [0.2, 0.25) is 17.9 Å². The number of nitrogens with one attached hydrogen (secondary N) is 1. The van der Waals surface area contributed by atoms with Gasteiger partial charge in [-0.15, -0.1) is 11.3 Å². The number of amides is 1. The Labute approximate surface area is 327 Å². The fourth-order valence-electron chi connectivity index (χ4n) is 5.35. The van der Waals surface area contributed by atoms with E-state index in [9.17, 15) is 27.6 Å². The molecule has 3 aromatic carbocycles. The van der Waals surface area contributed by atoms with Crippen LogP contribution in [0.3, 0.4) is 0 Å². The van der Waals surface area contributed by atoms with Gasteiger partial charge in [-0.3, -0.25) is 14.4 Å². The number of aryl methyl sites for hydroxylation is 1. The number of carboxylic acids is 1. The van der Waals surface area contributed by atoms with Crippen molar-refractivity contribution in [1.82, 2.24) is 25.1 Å². The molecular formula is C38H35ClF3N7O6S. The number of esters is 1. The van der Waals surface area contributed by atoms with Crippen LogP contribution in [0.25, 0.3) is 27.0 Å². The third-order valence-corrected chi connectivity index (χ3v) is 9.11. The van der Waals surface area contributed by atoms with E-state index in [1.807, 2.05) is 0 Å². The highest BCUT2D eigenvalue weighted by molar-refractivity contribution is 7.18. The standard InChI is InChI=1S/C29H26ClF3N6O3S.C9H9NO3/c1-3-41-27(40)21(34)12-16-4-6-17(7-5-16)20-14-43-24-23(20)36-28(35)37-26(24)42-25(29(31,32)33)19-9-8-18(30)13-22(19)39-11-10-15(2)38-39;11-8(12)6-10-9(13)7-4-2-1-3-5-7/h4-11,13-14,21,25H,3,12,34H2,1-2H3,(H2,35,36,37);1-5H,6H2,(H,10,13)(H,11,12)/t21-,25+;/m0./s1. The van der Waals surface area contributed by atoms with Gasteiger partial charge in [0, 0.05) is 33.3 Å². The van der Waals surface area contributed by atoms with E-state index in [1.165, 1.54) is 22.9 Å². The van der Waals surface area contributed by atoms with Crippen molar-refractivity contribution in [3.8, 4) is 22.7 Å². The average molecular weight is 810 g/mol. The van der Waals surface area contributed by atoms with E-state index in [0.29, 0.717) is 22.3 Å². The van der Waals surface area contributed by atoms with Crippen LogP contribution in [0.2, 0.25) is 5.02 Å². The number of nitrogens with zero attached hydrogens (tertiary/aromatic N) is 4. The van der Waals surface area contributed by atoms with Crippen LogP contribution in [-0.2, 0) is 20.7 Å². The van der Waals surface area contributed by atoms with Crippen molar-refractivity contribution in [2.45, 2.75) is 38.6 Å². The first-order valence-electron chi connectivity index (χ1n) is 16.8.